The average molecular weight is 737 g/mol. The van der Waals surface area contributed by atoms with Crippen LogP contribution in [0.15, 0.2) is 39.1 Å². The first kappa shape index (κ1) is 35.0. The molecule has 222 valence electrons. The van der Waals surface area contributed by atoms with Crippen molar-refractivity contribution in [2.75, 3.05) is 0 Å². The average Bonchev–Trinajstić information content (AvgIpc) is 3.62. The van der Waals surface area contributed by atoms with Gasteiger partial charge in [-0.15, -0.1) is 11.1 Å². The van der Waals surface area contributed by atoms with Crippen LogP contribution in [0.2, 0.25) is 0 Å². The monoisotopic (exact) mass is 736 g/mol. The first-order valence-corrected chi connectivity index (χ1v) is 15.1. The molecule has 2 aromatic heterocycles. The fourth-order valence-corrected chi connectivity index (χ4v) is 7.61. The van der Waals surface area contributed by atoms with Crippen molar-refractivity contribution in [1.29, 1.82) is 0 Å². The van der Waals surface area contributed by atoms with E-state index in [1.165, 1.54) is 11.1 Å². The maximum Gasteiger partial charge on any atom is 0.0966 e. The Morgan fingerprint density at radius 3 is 2.25 bits per heavy atom. The Balaban J connectivity index is 0.00000221. The van der Waals surface area contributed by atoms with Crippen molar-refractivity contribution < 1.29 is 75.0 Å². The van der Waals surface area contributed by atoms with Crippen LogP contribution in [0.3, 0.4) is 0 Å². The van der Waals surface area contributed by atoms with Gasteiger partial charge in [-0.05, 0) is 74.2 Å². The van der Waals surface area contributed by atoms with Crippen LogP contribution in [-0.2, 0) is 75.0 Å². The van der Waals surface area contributed by atoms with E-state index in [1.807, 2.05) is 13.0 Å². The third-order valence-electron chi connectivity index (χ3n) is 9.88. The van der Waals surface area contributed by atoms with Crippen molar-refractivity contribution in [3.63, 3.8) is 0 Å². The van der Waals surface area contributed by atoms with E-state index < -0.39 is 0 Å². The van der Waals surface area contributed by atoms with Gasteiger partial charge in [0.2, 0.25) is 0 Å². The number of aliphatic imine (C=N–C) groups is 2. The smallest absolute Gasteiger partial charge is 0.0966 e. The summed E-state index contributed by atoms with van der Waals surface area (Å²) in [5.41, 5.74) is 12.8. The summed E-state index contributed by atoms with van der Waals surface area (Å²) in [6.45, 7) is 19.2. The second kappa shape index (κ2) is 13.5. The van der Waals surface area contributed by atoms with Gasteiger partial charge in [0, 0.05) is 99.6 Å². The number of nitrogens with zero attached hydrogens (tertiary/aromatic N) is 4. The molecule has 0 aliphatic carbocycles. The van der Waals surface area contributed by atoms with Gasteiger partial charge >= 0.3 is 0 Å². The van der Waals surface area contributed by atoms with Crippen molar-refractivity contribution in [2.45, 2.75) is 80.3 Å². The first-order valence-electron chi connectivity index (χ1n) is 15.1. The normalized spacial score (nSPS) is 21.2. The van der Waals surface area contributed by atoms with Crippen LogP contribution in [0.1, 0.15) is 100 Å². The van der Waals surface area contributed by atoms with Gasteiger partial charge in [-0.25, -0.2) is 4.99 Å². The Kier molecular flexibility index (Phi) is 10.7. The number of hydrogen-bond donors (Lipinski definition) is 0. The SMILES string of the molecule is C=Cc1c(C)c2n3c1=CC1=NC(=Cc4c(C)c([C-]=O)c(n4C3C)C(CC)=C3N=C(C=2)C(C)C3CC[C-]=O)C(CC)=C1C.[Y].[Y]. The second-order valence-corrected chi connectivity index (χ2v) is 11.8. The Morgan fingerprint density at radius 1 is 0.932 bits per heavy atom. The van der Waals surface area contributed by atoms with E-state index >= 15 is 0 Å². The number of rotatable bonds is 7. The van der Waals surface area contributed by atoms with Gasteiger partial charge in [-0.1, -0.05) is 58.0 Å². The van der Waals surface area contributed by atoms with E-state index in [0.717, 1.165) is 73.6 Å². The van der Waals surface area contributed by atoms with Crippen LogP contribution in [0.5, 0.6) is 0 Å². The molecular formula is C36H38N4O2Y2-2. The van der Waals surface area contributed by atoms with Crippen LogP contribution in [-0.4, -0.2) is 33.1 Å². The summed E-state index contributed by atoms with van der Waals surface area (Å²) >= 11 is 0. The van der Waals surface area contributed by atoms with Gasteiger partial charge in [0.1, 0.15) is 0 Å². The largest absolute Gasteiger partial charge is 0.542 e. The number of carbonyl (C=O) groups excluding carboxylic acids is 2. The molecule has 6 bridgehead atoms. The molecule has 0 fully saturated rings. The van der Waals surface area contributed by atoms with Crippen molar-refractivity contribution in [2.24, 2.45) is 21.8 Å². The molecule has 0 spiro atoms. The molecule has 6 rings (SSSR count). The maximum absolute atomic E-state index is 12.9. The van der Waals surface area contributed by atoms with Crippen LogP contribution < -0.4 is 10.7 Å². The van der Waals surface area contributed by atoms with E-state index in [2.05, 4.69) is 88.1 Å². The summed E-state index contributed by atoms with van der Waals surface area (Å²) in [7, 11) is 0. The zero-order valence-electron chi connectivity index (χ0n) is 26.8. The molecule has 4 aliphatic heterocycles. The van der Waals surface area contributed by atoms with Crippen molar-refractivity contribution in [3.05, 3.63) is 73.5 Å². The zero-order valence-corrected chi connectivity index (χ0v) is 32.5. The molecule has 0 saturated heterocycles. The summed E-state index contributed by atoms with van der Waals surface area (Å²) in [5.74, 6) is 0.156. The third-order valence-corrected chi connectivity index (χ3v) is 9.88. The first-order chi connectivity index (χ1) is 20.2. The third kappa shape index (κ3) is 5.07. The minimum atomic E-state index is -0.182. The number of fused-ring (bicyclic) bond motifs is 2. The van der Waals surface area contributed by atoms with Crippen LogP contribution in [0, 0.1) is 25.7 Å². The predicted octanol–water partition coefficient (Wildman–Crippen LogP) is 5.90. The fraction of sp³-hybridized carbons (Fsp3) is 0.389. The van der Waals surface area contributed by atoms with Crippen molar-refractivity contribution in [1.82, 2.24) is 9.13 Å². The standard InChI is InChI=1S/C36H38N4O2.2Y/c1-9-24-19(4)29-16-34-25(10-2)21(6)32-15-30-20(5)27(13-12-14-41)35(38-30)26(11-3)36-28(18-42)22(7)33(17-31(24)37-29)40(36)23(8)39(32)34;;/h10,15-17,20,23,27H,2,9,11-13H2,1,3-8H3;;/q-2;;. The quantitative estimate of drug-likeness (QED) is 0.333. The molecule has 4 aliphatic rings. The van der Waals surface area contributed by atoms with Gasteiger partial charge in [0.15, 0.2) is 0 Å². The Morgan fingerprint density at radius 2 is 1.64 bits per heavy atom. The van der Waals surface area contributed by atoms with Gasteiger partial charge < -0.3 is 18.7 Å². The summed E-state index contributed by atoms with van der Waals surface area (Å²) in [4.78, 5) is 34.7. The minimum absolute atomic E-state index is 0. The summed E-state index contributed by atoms with van der Waals surface area (Å²) in [5, 5.41) is 2.11. The van der Waals surface area contributed by atoms with Crippen molar-refractivity contribution >= 4 is 53.9 Å². The second-order valence-electron chi connectivity index (χ2n) is 11.8. The van der Waals surface area contributed by atoms with Gasteiger partial charge in [-0.2, -0.15) is 6.42 Å². The number of hydrogen-bond acceptors (Lipinski definition) is 4. The predicted molar refractivity (Wildman–Crippen MR) is 172 cm³/mol. The molecule has 3 unspecified atom stereocenters. The molecule has 2 radical (unpaired) electrons. The van der Waals surface area contributed by atoms with Gasteiger partial charge in [0.05, 0.1) is 29.2 Å². The van der Waals surface area contributed by atoms with Crippen molar-refractivity contribution in [3.8, 4) is 0 Å². The van der Waals surface area contributed by atoms with Crippen LogP contribution in [0.4, 0.5) is 0 Å². The molecule has 2 aromatic rings. The topological polar surface area (TPSA) is 68.7 Å². The Labute approximate surface area is 310 Å². The molecule has 3 atom stereocenters. The molecule has 0 N–H and O–H groups in total. The van der Waals surface area contributed by atoms with E-state index in [1.54, 1.807) is 0 Å². The van der Waals surface area contributed by atoms with E-state index in [9.17, 15) is 9.59 Å². The van der Waals surface area contributed by atoms with E-state index in [0.29, 0.717) is 24.8 Å². The fourth-order valence-electron chi connectivity index (χ4n) is 7.61. The molecule has 44 heavy (non-hydrogen) atoms. The van der Waals surface area contributed by atoms with Gasteiger partial charge in [0.25, 0.3) is 0 Å². The molecule has 6 nitrogen and oxygen atoms in total. The van der Waals surface area contributed by atoms with Gasteiger partial charge in [-0.3, -0.25) is 11.3 Å². The van der Waals surface area contributed by atoms with E-state index in [4.69, 9.17) is 9.98 Å². The molecule has 0 aromatic carbocycles. The van der Waals surface area contributed by atoms with E-state index in [-0.39, 0.29) is 83.4 Å². The molecular weight excluding hydrogens is 698 g/mol. The summed E-state index contributed by atoms with van der Waals surface area (Å²) in [6.07, 6.45) is 15.4. The maximum atomic E-state index is 12.9. The number of allylic oxidation sites excluding steroid dienone is 4. The minimum Gasteiger partial charge on any atom is -0.542 e. The zero-order chi connectivity index (χ0) is 30.0. The molecule has 0 saturated carbocycles. The Hall–Kier alpha value is -1.85. The Bertz CT molecular complexity index is 1880. The molecule has 0 amide bonds. The molecule has 6 heterocycles. The molecule has 8 heteroatoms. The van der Waals surface area contributed by atoms with Crippen LogP contribution in [0.25, 0.3) is 29.9 Å². The summed E-state index contributed by atoms with van der Waals surface area (Å²) in [6, 6.07) is 0. The summed E-state index contributed by atoms with van der Waals surface area (Å²) < 4.78 is 4.68. The van der Waals surface area contributed by atoms with Crippen LogP contribution >= 0.6 is 0 Å². The number of aromatic nitrogens is 2.